The van der Waals surface area contributed by atoms with Crippen LogP contribution in [0.3, 0.4) is 0 Å². The molecule has 144 valence electrons. The Morgan fingerprint density at radius 1 is 0.964 bits per heavy atom. The van der Waals surface area contributed by atoms with Gasteiger partial charge in [0.25, 0.3) is 5.91 Å². The summed E-state index contributed by atoms with van der Waals surface area (Å²) in [7, 11) is 3.16. The molecule has 0 fully saturated rings. The Hall–Kier alpha value is -3.54. The maximum atomic E-state index is 12.2. The van der Waals surface area contributed by atoms with Crippen molar-refractivity contribution in [3.63, 3.8) is 0 Å². The molecule has 2 N–H and O–H groups in total. The standard InChI is InChI=1S/C22H23N3O3/c1-15(17-11-12-20(27-2)21(13-17)28-3)24-25-22(26)14-23-19-10-6-8-16-7-4-5-9-18(16)19/h4-13,23H,14H2,1-3H3,(H,25,26). The average molecular weight is 377 g/mol. The minimum atomic E-state index is -0.229. The number of ether oxygens (including phenoxy) is 2. The van der Waals surface area contributed by atoms with Gasteiger partial charge in [0.1, 0.15) is 0 Å². The fourth-order valence-electron chi connectivity index (χ4n) is 2.87. The number of amides is 1. The molecule has 0 saturated heterocycles. The quantitative estimate of drug-likeness (QED) is 0.485. The molecular formula is C22H23N3O3. The molecule has 0 atom stereocenters. The first-order valence-electron chi connectivity index (χ1n) is 8.89. The Kier molecular flexibility index (Phi) is 6.11. The minimum absolute atomic E-state index is 0.122. The van der Waals surface area contributed by atoms with E-state index in [0.717, 1.165) is 22.0 Å². The molecule has 6 heteroatoms. The van der Waals surface area contributed by atoms with Gasteiger partial charge in [-0.3, -0.25) is 4.79 Å². The van der Waals surface area contributed by atoms with Crippen molar-refractivity contribution >= 4 is 28.1 Å². The van der Waals surface area contributed by atoms with Gasteiger partial charge < -0.3 is 14.8 Å². The molecule has 0 spiro atoms. The fraction of sp³-hybridized carbons (Fsp3) is 0.182. The number of hydrogen-bond acceptors (Lipinski definition) is 5. The summed E-state index contributed by atoms with van der Waals surface area (Å²) < 4.78 is 10.5. The predicted octanol–water partition coefficient (Wildman–Crippen LogP) is 3.81. The molecule has 28 heavy (non-hydrogen) atoms. The van der Waals surface area contributed by atoms with Crippen molar-refractivity contribution in [1.29, 1.82) is 0 Å². The topological polar surface area (TPSA) is 72.0 Å². The summed E-state index contributed by atoms with van der Waals surface area (Å²) in [6.07, 6.45) is 0. The van der Waals surface area contributed by atoms with Crippen LogP contribution in [0.15, 0.2) is 65.8 Å². The Morgan fingerprint density at radius 3 is 2.50 bits per heavy atom. The highest BCUT2D eigenvalue weighted by Gasteiger charge is 2.08. The van der Waals surface area contributed by atoms with Gasteiger partial charge in [0, 0.05) is 16.6 Å². The maximum Gasteiger partial charge on any atom is 0.259 e. The first-order chi connectivity index (χ1) is 13.6. The van der Waals surface area contributed by atoms with Gasteiger partial charge in [-0.15, -0.1) is 0 Å². The molecule has 3 aromatic carbocycles. The van der Waals surface area contributed by atoms with E-state index in [9.17, 15) is 4.79 Å². The van der Waals surface area contributed by atoms with E-state index in [1.54, 1.807) is 20.3 Å². The van der Waals surface area contributed by atoms with Gasteiger partial charge in [-0.25, -0.2) is 5.43 Å². The Balaban J connectivity index is 1.63. The summed E-state index contributed by atoms with van der Waals surface area (Å²) in [4.78, 5) is 12.2. The van der Waals surface area contributed by atoms with Crippen LogP contribution in [0.2, 0.25) is 0 Å². The number of fused-ring (bicyclic) bond motifs is 1. The molecule has 3 aromatic rings. The second kappa shape index (κ2) is 8.90. The van der Waals surface area contributed by atoms with Crippen molar-refractivity contribution in [2.24, 2.45) is 5.10 Å². The molecule has 0 aromatic heterocycles. The smallest absolute Gasteiger partial charge is 0.259 e. The number of methoxy groups -OCH3 is 2. The zero-order valence-electron chi connectivity index (χ0n) is 16.2. The van der Waals surface area contributed by atoms with Gasteiger partial charge in [-0.2, -0.15) is 5.10 Å². The summed E-state index contributed by atoms with van der Waals surface area (Å²) in [5, 5.41) is 9.54. The minimum Gasteiger partial charge on any atom is -0.493 e. The third kappa shape index (κ3) is 4.40. The first kappa shape index (κ1) is 19.2. The van der Waals surface area contributed by atoms with E-state index in [1.165, 1.54) is 0 Å². The molecule has 0 aliphatic heterocycles. The van der Waals surface area contributed by atoms with Crippen LogP contribution in [0.1, 0.15) is 12.5 Å². The highest BCUT2D eigenvalue weighted by Crippen LogP contribution is 2.27. The summed E-state index contributed by atoms with van der Waals surface area (Å²) in [6, 6.07) is 19.5. The molecule has 0 aliphatic carbocycles. The van der Waals surface area contributed by atoms with Crippen LogP contribution in [-0.4, -0.2) is 32.4 Å². The van der Waals surface area contributed by atoms with Crippen LogP contribution in [-0.2, 0) is 4.79 Å². The largest absolute Gasteiger partial charge is 0.493 e. The van der Waals surface area contributed by atoms with Crippen LogP contribution in [0, 0.1) is 0 Å². The third-order valence-electron chi connectivity index (χ3n) is 4.38. The lowest BCUT2D eigenvalue weighted by molar-refractivity contribution is -0.119. The molecule has 3 rings (SSSR count). The molecule has 1 amide bonds. The van der Waals surface area contributed by atoms with E-state index in [0.29, 0.717) is 17.2 Å². The van der Waals surface area contributed by atoms with Crippen LogP contribution < -0.4 is 20.2 Å². The predicted molar refractivity (Wildman–Crippen MR) is 112 cm³/mol. The zero-order valence-corrected chi connectivity index (χ0v) is 16.2. The molecule has 0 unspecified atom stereocenters. The summed E-state index contributed by atoms with van der Waals surface area (Å²) in [6.45, 7) is 1.94. The molecular weight excluding hydrogens is 354 g/mol. The van der Waals surface area contributed by atoms with Crippen LogP contribution >= 0.6 is 0 Å². The molecule has 0 bridgehead atoms. The number of carbonyl (C=O) groups is 1. The van der Waals surface area contributed by atoms with E-state index in [2.05, 4.69) is 15.8 Å². The molecule has 6 nitrogen and oxygen atoms in total. The lowest BCUT2D eigenvalue weighted by Crippen LogP contribution is -2.26. The Bertz CT molecular complexity index is 1010. The summed E-state index contributed by atoms with van der Waals surface area (Å²) >= 11 is 0. The van der Waals surface area contributed by atoms with Gasteiger partial charge in [0.2, 0.25) is 0 Å². The van der Waals surface area contributed by atoms with Crippen molar-refractivity contribution in [2.75, 3.05) is 26.1 Å². The normalized spacial score (nSPS) is 11.2. The van der Waals surface area contributed by atoms with Crippen LogP contribution in [0.25, 0.3) is 10.8 Å². The van der Waals surface area contributed by atoms with E-state index in [-0.39, 0.29) is 12.5 Å². The monoisotopic (exact) mass is 377 g/mol. The number of carbonyl (C=O) groups excluding carboxylic acids is 1. The third-order valence-corrected chi connectivity index (χ3v) is 4.38. The zero-order chi connectivity index (χ0) is 19.9. The van der Waals surface area contributed by atoms with Crippen LogP contribution in [0.4, 0.5) is 5.69 Å². The highest BCUT2D eigenvalue weighted by molar-refractivity contribution is 6.00. The fourth-order valence-corrected chi connectivity index (χ4v) is 2.87. The lowest BCUT2D eigenvalue weighted by Gasteiger charge is -2.10. The highest BCUT2D eigenvalue weighted by atomic mass is 16.5. The van der Waals surface area contributed by atoms with E-state index in [1.807, 2.05) is 61.5 Å². The number of nitrogens with zero attached hydrogens (tertiary/aromatic N) is 1. The van der Waals surface area contributed by atoms with Gasteiger partial charge in [-0.05, 0) is 36.6 Å². The van der Waals surface area contributed by atoms with Gasteiger partial charge in [0.15, 0.2) is 11.5 Å². The van der Waals surface area contributed by atoms with E-state index < -0.39 is 0 Å². The Labute approximate surface area is 164 Å². The SMILES string of the molecule is COc1ccc(C(C)=NNC(=O)CNc2cccc3ccccc23)cc1OC. The second-order valence-corrected chi connectivity index (χ2v) is 6.18. The number of benzene rings is 3. The van der Waals surface area contributed by atoms with E-state index in [4.69, 9.17) is 9.47 Å². The van der Waals surface area contributed by atoms with Crippen molar-refractivity contribution in [2.45, 2.75) is 6.92 Å². The number of hydrogen-bond donors (Lipinski definition) is 2. The lowest BCUT2D eigenvalue weighted by atomic mass is 10.1. The van der Waals surface area contributed by atoms with Crippen molar-refractivity contribution < 1.29 is 14.3 Å². The van der Waals surface area contributed by atoms with Crippen molar-refractivity contribution in [1.82, 2.24) is 5.43 Å². The molecule has 0 aliphatic rings. The van der Waals surface area contributed by atoms with Crippen molar-refractivity contribution in [3.05, 3.63) is 66.2 Å². The molecule has 0 saturated carbocycles. The number of nitrogens with one attached hydrogen (secondary N) is 2. The van der Waals surface area contributed by atoms with Gasteiger partial charge in [0.05, 0.1) is 26.5 Å². The second-order valence-electron chi connectivity index (χ2n) is 6.18. The average Bonchev–Trinajstić information content (AvgIpc) is 2.75. The van der Waals surface area contributed by atoms with Crippen LogP contribution in [0.5, 0.6) is 11.5 Å². The molecule has 0 heterocycles. The number of rotatable bonds is 7. The summed E-state index contributed by atoms with van der Waals surface area (Å²) in [5.74, 6) is 1.02. The molecule has 0 radical (unpaired) electrons. The van der Waals surface area contributed by atoms with E-state index >= 15 is 0 Å². The summed E-state index contributed by atoms with van der Waals surface area (Å²) in [5.41, 5.74) is 4.99. The Morgan fingerprint density at radius 2 is 1.71 bits per heavy atom. The van der Waals surface area contributed by atoms with Crippen molar-refractivity contribution in [3.8, 4) is 11.5 Å². The first-order valence-corrected chi connectivity index (χ1v) is 8.89. The number of hydrazone groups is 1. The van der Waals surface area contributed by atoms with Gasteiger partial charge >= 0.3 is 0 Å². The van der Waals surface area contributed by atoms with Gasteiger partial charge in [-0.1, -0.05) is 36.4 Å². The maximum absolute atomic E-state index is 12.2. The number of anilines is 1.